The Labute approximate surface area is 178 Å². The Morgan fingerprint density at radius 1 is 1.10 bits per heavy atom. The van der Waals surface area contributed by atoms with E-state index in [9.17, 15) is 9.59 Å². The molecule has 1 amide bonds. The molecule has 5 nitrogen and oxygen atoms in total. The molecule has 1 fully saturated rings. The molecule has 2 unspecified atom stereocenters. The number of nitrogens with zero attached hydrogens (tertiary/aromatic N) is 1. The molecule has 0 bridgehead atoms. The predicted octanol–water partition coefficient (Wildman–Crippen LogP) is 4.54. The van der Waals surface area contributed by atoms with E-state index in [2.05, 4.69) is 12.6 Å². The molecular formula is C22H19NO4S2. The van der Waals surface area contributed by atoms with Crippen molar-refractivity contribution >= 4 is 36.3 Å². The van der Waals surface area contributed by atoms with Gasteiger partial charge in [-0.2, -0.15) is 0 Å². The van der Waals surface area contributed by atoms with Crippen molar-refractivity contribution in [2.75, 3.05) is 0 Å². The zero-order valence-corrected chi connectivity index (χ0v) is 17.1. The number of carbonyl (C=O) groups is 2. The standard InChI is InChI=1S/C22H19NO4S2/c24-20-19(29-22(28)23(20)13-14-5-2-1-3-6-14)12-17-9-10-18(27-17)15-7-4-8-16(11-15)21(25)26/h1-11,19,22,28H,12-13H2,(H,25,26). The number of aromatic carboxylic acids is 1. The predicted molar refractivity (Wildman–Crippen MR) is 116 cm³/mol. The summed E-state index contributed by atoms with van der Waals surface area (Å²) in [5.74, 6) is 0.338. The average Bonchev–Trinajstić information content (AvgIpc) is 3.29. The molecule has 2 aromatic carbocycles. The largest absolute Gasteiger partial charge is 0.478 e. The highest BCUT2D eigenvalue weighted by Gasteiger charge is 2.38. The fourth-order valence-electron chi connectivity index (χ4n) is 3.27. The number of amides is 1. The summed E-state index contributed by atoms with van der Waals surface area (Å²) >= 11 is 6.09. The first-order valence-corrected chi connectivity index (χ1v) is 10.6. The first kappa shape index (κ1) is 19.7. The van der Waals surface area contributed by atoms with Gasteiger partial charge in [0.1, 0.15) is 16.2 Å². The number of carboxylic acid groups (broad SMARTS) is 1. The minimum Gasteiger partial charge on any atom is -0.478 e. The third-order valence-corrected chi connectivity index (χ3v) is 6.59. The lowest BCUT2D eigenvalue weighted by Crippen LogP contribution is -2.32. The van der Waals surface area contributed by atoms with Crippen LogP contribution in [0.15, 0.2) is 71.1 Å². The van der Waals surface area contributed by atoms with Crippen molar-refractivity contribution in [1.29, 1.82) is 0 Å². The zero-order valence-electron chi connectivity index (χ0n) is 15.4. The molecule has 1 saturated heterocycles. The summed E-state index contributed by atoms with van der Waals surface area (Å²) in [7, 11) is 0. The highest BCUT2D eigenvalue weighted by molar-refractivity contribution is 8.11. The third kappa shape index (κ3) is 4.36. The van der Waals surface area contributed by atoms with Gasteiger partial charge in [0.2, 0.25) is 5.91 Å². The Morgan fingerprint density at radius 2 is 1.90 bits per heavy atom. The fourth-order valence-corrected chi connectivity index (χ4v) is 5.04. The van der Waals surface area contributed by atoms with E-state index >= 15 is 0 Å². The van der Waals surface area contributed by atoms with Crippen LogP contribution in [-0.4, -0.2) is 31.8 Å². The minimum atomic E-state index is -0.982. The molecule has 148 valence electrons. The second kappa shape index (κ2) is 8.39. The van der Waals surface area contributed by atoms with Crippen LogP contribution < -0.4 is 0 Å². The van der Waals surface area contributed by atoms with Crippen LogP contribution in [0.5, 0.6) is 0 Å². The first-order chi connectivity index (χ1) is 14.0. The summed E-state index contributed by atoms with van der Waals surface area (Å²) < 4.78 is 5.70. The van der Waals surface area contributed by atoms with Crippen molar-refractivity contribution in [3.8, 4) is 11.3 Å². The van der Waals surface area contributed by atoms with Crippen LogP contribution >= 0.6 is 24.4 Å². The van der Waals surface area contributed by atoms with Crippen LogP contribution in [0.1, 0.15) is 21.7 Å². The van der Waals surface area contributed by atoms with E-state index in [1.54, 1.807) is 29.2 Å². The molecule has 1 aliphatic heterocycles. The van der Waals surface area contributed by atoms with E-state index < -0.39 is 5.97 Å². The summed E-state index contributed by atoms with van der Waals surface area (Å²) in [4.78, 5) is 25.8. The Bertz CT molecular complexity index is 1030. The maximum atomic E-state index is 12.9. The topological polar surface area (TPSA) is 70.8 Å². The number of carbonyl (C=O) groups excluding carboxylic acids is 1. The van der Waals surface area contributed by atoms with Gasteiger partial charge >= 0.3 is 5.97 Å². The molecule has 29 heavy (non-hydrogen) atoms. The molecule has 0 spiro atoms. The summed E-state index contributed by atoms with van der Waals surface area (Å²) in [5.41, 5.74) is 1.97. The molecule has 0 saturated carbocycles. The van der Waals surface area contributed by atoms with Crippen molar-refractivity contribution < 1.29 is 19.1 Å². The van der Waals surface area contributed by atoms with Crippen LogP contribution in [0.2, 0.25) is 0 Å². The number of thiol groups is 1. The van der Waals surface area contributed by atoms with Crippen LogP contribution in [-0.2, 0) is 17.8 Å². The Kier molecular flexibility index (Phi) is 5.69. The highest BCUT2D eigenvalue weighted by Crippen LogP contribution is 2.37. The molecule has 7 heteroatoms. The number of carboxylic acids is 1. The van der Waals surface area contributed by atoms with Crippen molar-refractivity contribution in [3.05, 3.63) is 83.6 Å². The molecule has 4 rings (SSSR count). The lowest BCUT2D eigenvalue weighted by molar-refractivity contribution is -0.129. The molecule has 2 atom stereocenters. The van der Waals surface area contributed by atoms with Gasteiger partial charge in [-0.1, -0.05) is 42.5 Å². The smallest absolute Gasteiger partial charge is 0.335 e. The maximum Gasteiger partial charge on any atom is 0.335 e. The summed E-state index contributed by atoms with van der Waals surface area (Å²) in [5, 5.41) is 8.89. The highest BCUT2D eigenvalue weighted by atomic mass is 32.2. The van der Waals surface area contributed by atoms with Crippen molar-refractivity contribution in [2.45, 2.75) is 22.9 Å². The van der Waals surface area contributed by atoms with E-state index in [-0.39, 0.29) is 21.4 Å². The van der Waals surface area contributed by atoms with Gasteiger partial charge in [-0.25, -0.2) is 4.79 Å². The van der Waals surface area contributed by atoms with Gasteiger partial charge in [0.25, 0.3) is 0 Å². The second-order valence-corrected chi connectivity index (χ2v) is 8.89. The van der Waals surface area contributed by atoms with Crippen LogP contribution in [0.3, 0.4) is 0 Å². The summed E-state index contributed by atoms with van der Waals surface area (Å²) in [6.07, 6.45) is 0.463. The minimum absolute atomic E-state index is 0.0460. The number of hydrogen-bond donors (Lipinski definition) is 2. The van der Waals surface area contributed by atoms with Gasteiger partial charge in [-0.15, -0.1) is 24.4 Å². The molecule has 2 heterocycles. The van der Waals surface area contributed by atoms with Gasteiger partial charge < -0.3 is 14.4 Å². The molecule has 1 N–H and O–H groups in total. The average molecular weight is 426 g/mol. The fraction of sp³-hybridized carbons (Fsp3) is 0.182. The van der Waals surface area contributed by atoms with E-state index in [0.717, 1.165) is 5.56 Å². The second-order valence-electron chi connectivity index (χ2n) is 6.76. The lowest BCUT2D eigenvalue weighted by Gasteiger charge is -2.19. The van der Waals surface area contributed by atoms with Gasteiger partial charge in [-0.3, -0.25) is 4.79 Å². The third-order valence-electron chi connectivity index (χ3n) is 4.75. The molecule has 3 aromatic rings. The Morgan fingerprint density at radius 3 is 2.66 bits per heavy atom. The number of thioether (sulfide) groups is 1. The zero-order chi connectivity index (χ0) is 20.4. The van der Waals surface area contributed by atoms with E-state index in [1.165, 1.54) is 17.8 Å². The van der Waals surface area contributed by atoms with Gasteiger partial charge in [0.05, 0.1) is 10.8 Å². The Hall–Kier alpha value is -2.64. The molecule has 0 radical (unpaired) electrons. The van der Waals surface area contributed by atoms with E-state index in [4.69, 9.17) is 9.52 Å². The van der Waals surface area contributed by atoms with Crippen molar-refractivity contribution in [3.63, 3.8) is 0 Å². The molecule has 1 aliphatic rings. The molecule has 0 aliphatic carbocycles. The first-order valence-electron chi connectivity index (χ1n) is 9.11. The van der Waals surface area contributed by atoms with Crippen molar-refractivity contribution in [1.82, 2.24) is 4.90 Å². The molecule has 1 aromatic heterocycles. The SMILES string of the molecule is O=C(O)c1cccc(-c2ccc(CC3SC(S)N(Cc4ccccc4)C3=O)o2)c1. The normalized spacial score (nSPS) is 18.9. The number of hydrogen-bond acceptors (Lipinski definition) is 5. The number of rotatable bonds is 6. The monoisotopic (exact) mass is 425 g/mol. The van der Waals surface area contributed by atoms with Gasteiger partial charge in [0, 0.05) is 18.5 Å². The van der Waals surface area contributed by atoms with Crippen LogP contribution in [0.4, 0.5) is 0 Å². The molecular weight excluding hydrogens is 406 g/mol. The number of furan rings is 1. The lowest BCUT2D eigenvalue weighted by atomic mass is 10.1. The Balaban J connectivity index is 1.46. The van der Waals surface area contributed by atoms with Crippen LogP contribution in [0, 0.1) is 0 Å². The quantitative estimate of drug-likeness (QED) is 0.567. The summed E-state index contributed by atoms with van der Waals surface area (Å²) in [6.45, 7) is 0.530. The van der Waals surface area contributed by atoms with Crippen LogP contribution in [0.25, 0.3) is 11.3 Å². The maximum absolute atomic E-state index is 12.9. The van der Waals surface area contributed by atoms with Gasteiger partial charge in [-0.05, 0) is 29.8 Å². The van der Waals surface area contributed by atoms with Gasteiger partial charge in [0.15, 0.2) is 0 Å². The van der Waals surface area contributed by atoms with E-state index in [0.29, 0.717) is 30.0 Å². The summed E-state index contributed by atoms with van der Waals surface area (Å²) in [6, 6.07) is 20.1. The van der Waals surface area contributed by atoms with Crippen molar-refractivity contribution in [2.24, 2.45) is 0 Å². The van der Waals surface area contributed by atoms with E-state index in [1.807, 2.05) is 36.4 Å². The number of benzene rings is 2.